The van der Waals surface area contributed by atoms with Gasteiger partial charge < -0.3 is 5.32 Å². The lowest BCUT2D eigenvalue weighted by Crippen LogP contribution is -2.24. The summed E-state index contributed by atoms with van der Waals surface area (Å²) in [6, 6.07) is 3.11. The van der Waals surface area contributed by atoms with Crippen molar-refractivity contribution in [2.24, 2.45) is 7.05 Å². The van der Waals surface area contributed by atoms with Gasteiger partial charge in [0.1, 0.15) is 10.7 Å². The van der Waals surface area contributed by atoms with E-state index < -0.39 is 10.0 Å². The molecule has 114 valence electrons. The maximum atomic E-state index is 12.2. The van der Waals surface area contributed by atoms with Crippen LogP contribution in [0.2, 0.25) is 5.02 Å². The molecule has 0 unspecified atom stereocenters. The topological polar surface area (TPSA) is 88.9 Å². The van der Waals surface area contributed by atoms with E-state index in [2.05, 4.69) is 20.1 Å². The second-order valence-electron chi connectivity index (χ2n) is 4.30. The number of sulfonamides is 1. The zero-order valence-electron chi connectivity index (χ0n) is 11.7. The summed E-state index contributed by atoms with van der Waals surface area (Å²) in [4.78, 5) is 4.04. The first kappa shape index (κ1) is 15.7. The summed E-state index contributed by atoms with van der Waals surface area (Å²) in [5, 5.41) is 7.19. The Bertz CT molecular complexity index is 729. The van der Waals surface area contributed by atoms with Gasteiger partial charge in [-0.05, 0) is 19.1 Å². The van der Waals surface area contributed by atoms with E-state index in [-0.39, 0.29) is 16.5 Å². The van der Waals surface area contributed by atoms with Crippen molar-refractivity contribution in [3.05, 3.63) is 35.2 Å². The monoisotopic (exact) mass is 329 g/mol. The van der Waals surface area contributed by atoms with Gasteiger partial charge in [0.25, 0.3) is 0 Å². The Labute approximate surface area is 128 Å². The summed E-state index contributed by atoms with van der Waals surface area (Å²) in [5.41, 5.74) is 0.752. The summed E-state index contributed by atoms with van der Waals surface area (Å²) in [6.45, 7) is 2.70. The van der Waals surface area contributed by atoms with Crippen molar-refractivity contribution in [3.8, 4) is 0 Å². The summed E-state index contributed by atoms with van der Waals surface area (Å²) in [5.74, 6) is 0.463. The Morgan fingerprint density at radius 1 is 1.43 bits per heavy atom. The van der Waals surface area contributed by atoms with E-state index >= 15 is 0 Å². The van der Waals surface area contributed by atoms with E-state index in [1.54, 1.807) is 24.0 Å². The minimum Gasteiger partial charge on any atom is -0.369 e. The van der Waals surface area contributed by atoms with Crippen LogP contribution in [-0.4, -0.2) is 29.7 Å². The Hall–Kier alpha value is -1.64. The molecule has 0 atom stereocenters. The average molecular weight is 330 g/mol. The molecule has 0 saturated carbocycles. The van der Waals surface area contributed by atoms with Crippen LogP contribution >= 0.6 is 11.6 Å². The fourth-order valence-electron chi connectivity index (χ4n) is 1.69. The molecule has 2 N–H and O–H groups in total. The fraction of sp³-hybridized carbons (Fsp3) is 0.333. The van der Waals surface area contributed by atoms with Crippen LogP contribution in [0.15, 0.2) is 29.4 Å². The summed E-state index contributed by atoms with van der Waals surface area (Å²) < 4.78 is 28.5. The van der Waals surface area contributed by atoms with Crippen molar-refractivity contribution in [2.45, 2.75) is 18.4 Å². The minimum atomic E-state index is -3.67. The van der Waals surface area contributed by atoms with Crippen LogP contribution in [0, 0.1) is 0 Å². The Balaban J connectivity index is 2.16. The summed E-state index contributed by atoms with van der Waals surface area (Å²) in [6.07, 6.45) is 2.88. The molecule has 0 aliphatic heterocycles. The van der Waals surface area contributed by atoms with E-state index in [9.17, 15) is 8.42 Å². The number of nitrogens with zero attached hydrogens (tertiary/aromatic N) is 3. The van der Waals surface area contributed by atoms with Crippen molar-refractivity contribution < 1.29 is 8.42 Å². The highest BCUT2D eigenvalue weighted by Gasteiger charge is 2.17. The number of hydrogen-bond donors (Lipinski definition) is 2. The zero-order chi connectivity index (χ0) is 15.5. The quantitative estimate of drug-likeness (QED) is 0.835. The first-order valence-corrected chi connectivity index (χ1v) is 8.16. The molecule has 2 heterocycles. The first-order valence-electron chi connectivity index (χ1n) is 6.30. The number of halogens is 1. The first-order chi connectivity index (χ1) is 9.94. The SMILES string of the molecule is CCNc1ncc(S(=O)(=O)NCc2ccnn2C)cc1Cl. The van der Waals surface area contributed by atoms with E-state index in [4.69, 9.17) is 11.6 Å². The molecule has 0 saturated heterocycles. The third-order valence-corrected chi connectivity index (χ3v) is 4.49. The van der Waals surface area contributed by atoms with Crippen LogP contribution in [0.5, 0.6) is 0 Å². The van der Waals surface area contributed by atoms with Crippen molar-refractivity contribution in [1.82, 2.24) is 19.5 Å². The van der Waals surface area contributed by atoms with Gasteiger partial charge in [-0.3, -0.25) is 4.68 Å². The molecular weight excluding hydrogens is 314 g/mol. The van der Waals surface area contributed by atoms with Crippen LogP contribution in [0.4, 0.5) is 5.82 Å². The second kappa shape index (κ2) is 6.42. The Morgan fingerprint density at radius 2 is 2.19 bits per heavy atom. The largest absolute Gasteiger partial charge is 0.369 e. The molecule has 2 rings (SSSR count). The van der Waals surface area contributed by atoms with E-state index in [0.29, 0.717) is 12.4 Å². The molecule has 7 nitrogen and oxygen atoms in total. The molecule has 0 aromatic carbocycles. The lowest BCUT2D eigenvalue weighted by molar-refractivity contribution is 0.577. The van der Waals surface area contributed by atoms with Gasteiger partial charge in [0, 0.05) is 26.0 Å². The summed E-state index contributed by atoms with van der Waals surface area (Å²) in [7, 11) is -1.93. The predicted molar refractivity (Wildman–Crippen MR) is 80.6 cm³/mol. The van der Waals surface area contributed by atoms with Crippen LogP contribution in [0.3, 0.4) is 0 Å². The molecule has 0 fully saturated rings. The maximum Gasteiger partial charge on any atom is 0.242 e. The van der Waals surface area contributed by atoms with Crippen LogP contribution in [0.1, 0.15) is 12.6 Å². The highest BCUT2D eigenvalue weighted by Crippen LogP contribution is 2.22. The van der Waals surface area contributed by atoms with Crippen molar-refractivity contribution in [1.29, 1.82) is 0 Å². The fourth-order valence-corrected chi connectivity index (χ4v) is 2.96. The van der Waals surface area contributed by atoms with Crippen molar-refractivity contribution in [2.75, 3.05) is 11.9 Å². The number of hydrogen-bond acceptors (Lipinski definition) is 5. The number of aryl methyl sites for hydroxylation is 1. The lowest BCUT2D eigenvalue weighted by Gasteiger charge is -2.09. The van der Waals surface area contributed by atoms with Gasteiger partial charge in [-0.15, -0.1) is 0 Å². The third kappa shape index (κ3) is 3.72. The lowest BCUT2D eigenvalue weighted by atomic mass is 10.4. The second-order valence-corrected chi connectivity index (χ2v) is 6.48. The van der Waals surface area contributed by atoms with Gasteiger partial charge in [0.05, 0.1) is 17.3 Å². The van der Waals surface area contributed by atoms with Crippen LogP contribution < -0.4 is 10.0 Å². The minimum absolute atomic E-state index is 0.0244. The Kier molecular flexibility index (Phi) is 4.81. The van der Waals surface area contributed by atoms with Crippen LogP contribution in [-0.2, 0) is 23.6 Å². The number of nitrogens with one attached hydrogen (secondary N) is 2. The summed E-state index contributed by atoms with van der Waals surface area (Å²) >= 11 is 6.01. The molecule has 0 spiro atoms. The zero-order valence-corrected chi connectivity index (χ0v) is 13.2. The highest BCUT2D eigenvalue weighted by atomic mass is 35.5. The van der Waals surface area contributed by atoms with Gasteiger partial charge in [-0.25, -0.2) is 18.1 Å². The third-order valence-electron chi connectivity index (χ3n) is 2.84. The predicted octanol–water partition coefficient (Wildman–Crippen LogP) is 1.38. The van der Waals surface area contributed by atoms with Gasteiger partial charge >= 0.3 is 0 Å². The van der Waals surface area contributed by atoms with Crippen molar-refractivity contribution >= 4 is 27.4 Å². The van der Waals surface area contributed by atoms with Gasteiger partial charge in [0.15, 0.2) is 0 Å². The smallest absolute Gasteiger partial charge is 0.242 e. The molecule has 0 bridgehead atoms. The molecule has 9 heteroatoms. The number of pyridine rings is 1. The molecule has 21 heavy (non-hydrogen) atoms. The molecule has 2 aromatic rings. The molecule has 0 radical (unpaired) electrons. The molecule has 0 amide bonds. The maximum absolute atomic E-state index is 12.2. The molecular formula is C12H16ClN5O2S. The number of anilines is 1. The highest BCUT2D eigenvalue weighted by molar-refractivity contribution is 7.89. The molecule has 0 aliphatic carbocycles. The average Bonchev–Trinajstić information content (AvgIpc) is 2.84. The Morgan fingerprint density at radius 3 is 2.76 bits per heavy atom. The van der Waals surface area contributed by atoms with Gasteiger partial charge in [-0.1, -0.05) is 11.6 Å². The van der Waals surface area contributed by atoms with Crippen molar-refractivity contribution in [3.63, 3.8) is 0 Å². The normalized spacial score (nSPS) is 11.6. The van der Waals surface area contributed by atoms with E-state index in [1.807, 2.05) is 6.92 Å². The standard InChI is InChI=1S/C12H16ClN5O2S/c1-3-14-12-11(13)6-10(8-15-12)21(19,20)17-7-9-4-5-16-18(9)2/h4-6,8,17H,3,7H2,1-2H3,(H,14,15). The van der Waals surface area contributed by atoms with E-state index in [0.717, 1.165) is 5.69 Å². The number of rotatable bonds is 6. The molecule has 2 aromatic heterocycles. The number of aromatic nitrogens is 3. The van der Waals surface area contributed by atoms with Crippen LogP contribution in [0.25, 0.3) is 0 Å². The van der Waals surface area contributed by atoms with Gasteiger partial charge in [0.2, 0.25) is 10.0 Å². The van der Waals surface area contributed by atoms with Gasteiger partial charge in [-0.2, -0.15) is 5.10 Å². The molecule has 0 aliphatic rings. The van der Waals surface area contributed by atoms with E-state index in [1.165, 1.54) is 12.3 Å².